The van der Waals surface area contributed by atoms with Crippen LogP contribution in [0.15, 0.2) is 35.0 Å². The molecule has 2 atom stereocenters. The van der Waals surface area contributed by atoms with Crippen LogP contribution in [0.1, 0.15) is 28.4 Å². The second-order valence-electron chi connectivity index (χ2n) is 6.10. The molecule has 8 heteroatoms. The van der Waals surface area contributed by atoms with Crippen molar-refractivity contribution in [2.75, 3.05) is 13.1 Å². The van der Waals surface area contributed by atoms with Gasteiger partial charge in [-0.3, -0.25) is 14.6 Å². The molecule has 3 rings (SSSR count). The summed E-state index contributed by atoms with van der Waals surface area (Å²) in [5.41, 5.74) is 1.02. The number of β-amino-alcohol motifs (C(OH)–C–C–N with tert-alkyl or cyclic N) is 1. The Hall–Kier alpha value is -2.74. The number of aliphatic hydroxyl groups is 1. The second kappa shape index (κ2) is 7.43. The first kappa shape index (κ1) is 17.1. The van der Waals surface area contributed by atoms with E-state index >= 15 is 0 Å². The van der Waals surface area contributed by atoms with Gasteiger partial charge >= 0.3 is 0 Å². The summed E-state index contributed by atoms with van der Waals surface area (Å²) in [6.45, 7) is 2.41. The van der Waals surface area contributed by atoms with E-state index in [1.807, 2.05) is 0 Å². The van der Waals surface area contributed by atoms with Crippen molar-refractivity contribution in [2.45, 2.75) is 31.9 Å². The van der Waals surface area contributed by atoms with E-state index in [9.17, 15) is 14.7 Å². The molecule has 0 saturated carbocycles. The van der Waals surface area contributed by atoms with Crippen molar-refractivity contribution in [3.63, 3.8) is 0 Å². The molecule has 25 heavy (non-hydrogen) atoms. The number of aromatic nitrogens is 2. The molecule has 1 fully saturated rings. The Labute approximate surface area is 144 Å². The van der Waals surface area contributed by atoms with Gasteiger partial charge in [-0.05, 0) is 25.5 Å². The lowest BCUT2D eigenvalue weighted by Crippen LogP contribution is -2.55. The zero-order chi connectivity index (χ0) is 17.8. The Balaban J connectivity index is 1.53. The largest absolute Gasteiger partial charge is 0.389 e. The first-order valence-electron chi connectivity index (χ1n) is 8.13. The molecule has 2 aromatic heterocycles. The minimum Gasteiger partial charge on any atom is -0.389 e. The number of aliphatic hydroxyl groups excluding tert-OH is 1. The van der Waals surface area contributed by atoms with Crippen LogP contribution in [0.25, 0.3) is 0 Å². The summed E-state index contributed by atoms with van der Waals surface area (Å²) >= 11 is 0. The molecule has 0 spiro atoms. The Kier molecular flexibility index (Phi) is 5.08. The standard InChI is InChI=1S/C17H20N4O4/c1-11-8-12(25-20-11)9-16(23)21-7-5-13(15(22)10-21)19-17(24)14-4-2-3-6-18-14/h2-4,6,8,13,15,22H,5,7,9-10H2,1H3,(H,19,24). The average Bonchev–Trinajstić information content (AvgIpc) is 3.02. The molecule has 132 valence electrons. The second-order valence-corrected chi connectivity index (χ2v) is 6.10. The molecule has 1 aliphatic rings. The third-order valence-corrected chi connectivity index (χ3v) is 4.15. The van der Waals surface area contributed by atoms with E-state index in [0.29, 0.717) is 24.4 Å². The van der Waals surface area contributed by atoms with E-state index < -0.39 is 12.1 Å². The fourth-order valence-corrected chi connectivity index (χ4v) is 2.83. The van der Waals surface area contributed by atoms with Gasteiger partial charge in [-0.25, -0.2) is 0 Å². The predicted octanol–water partition coefficient (Wildman–Crippen LogP) is 0.312. The van der Waals surface area contributed by atoms with Crippen LogP contribution in [0, 0.1) is 6.92 Å². The number of nitrogens with zero attached hydrogens (tertiary/aromatic N) is 3. The number of rotatable bonds is 4. The van der Waals surface area contributed by atoms with Crippen molar-refractivity contribution < 1.29 is 19.2 Å². The number of nitrogens with one attached hydrogen (secondary N) is 1. The monoisotopic (exact) mass is 344 g/mol. The summed E-state index contributed by atoms with van der Waals surface area (Å²) in [6.07, 6.45) is 1.29. The van der Waals surface area contributed by atoms with Crippen molar-refractivity contribution in [1.29, 1.82) is 0 Å². The topological polar surface area (TPSA) is 109 Å². The number of hydrogen-bond acceptors (Lipinski definition) is 6. The number of carbonyl (C=O) groups is 2. The molecule has 1 saturated heterocycles. The van der Waals surface area contributed by atoms with E-state index in [2.05, 4.69) is 15.5 Å². The van der Waals surface area contributed by atoms with Crippen LogP contribution in [-0.2, 0) is 11.2 Å². The van der Waals surface area contributed by atoms with E-state index in [1.165, 1.54) is 6.20 Å². The zero-order valence-electron chi connectivity index (χ0n) is 13.9. The van der Waals surface area contributed by atoms with Crippen LogP contribution >= 0.6 is 0 Å². The minimum absolute atomic E-state index is 0.110. The highest BCUT2D eigenvalue weighted by Gasteiger charge is 2.31. The van der Waals surface area contributed by atoms with Gasteiger partial charge in [-0.2, -0.15) is 0 Å². The molecule has 2 unspecified atom stereocenters. The number of pyridine rings is 1. The van der Waals surface area contributed by atoms with Crippen molar-refractivity contribution in [3.05, 3.63) is 47.6 Å². The highest BCUT2D eigenvalue weighted by Crippen LogP contribution is 2.14. The van der Waals surface area contributed by atoms with Gasteiger partial charge in [-0.15, -0.1) is 0 Å². The minimum atomic E-state index is -0.832. The highest BCUT2D eigenvalue weighted by molar-refractivity contribution is 5.92. The summed E-state index contributed by atoms with van der Waals surface area (Å²) in [5, 5.41) is 16.8. The van der Waals surface area contributed by atoms with Gasteiger partial charge in [-0.1, -0.05) is 11.2 Å². The van der Waals surface area contributed by atoms with Crippen LogP contribution in [-0.4, -0.2) is 57.2 Å². The van der Waals surface area contributed by atoms with Gasteiger partial charge in [0.05, 0.1) is 24.3 Å². The van der Waals surface area contributed by atoms with Crippen LogP contribution in [0.2, 0.25) is 0 Å². The van der Waals surface area contributed by atoms with Crippen molar-refractivity contribution in [3.8, 4) is 0 Å². The molecule has 1 aliphatic heterocycles. The molecular weight excluding hydrogens is 324 g/mol. The van der Waals surface area contributed by atoms with Gasteiger partial charge in [0.2, 0.25) is 5.91 Å². The lowest BCUT2D eigenvalue weighted by atomic mass is 10.0. The van der Waals surface area contributed by atoms with Crippen LogP contribution in [0.3, 0.4) is 0 Å². The average molecular weight is 344 g/mol. The maximum atomic E-state index is 12.3. The molecule has 0 aliphatic carbocycles. The van der Waals surface area contributed by atoms with E-state index in [1.54, 1.807) is 36.1 Å². The van der Waals surface area contributed by atoms with E-state index in [4.69, 9.17) is 4.52 Å². The van der Waals surface area contributed by atoms with Crippen molar-refractivity contribution in [2.24, 2.45) is 0 Å². The Bertz CT molecular complexity index is 746. The third kappa shape index (κ3) is 4.21. The number of carbonyl (C=O) groups excluding carboxylic acids is 2. The molecule has 8 nitrogen and oxygen atoms in total. The molecule has 0 aromatic carbocycles. The first-order chi connectivity index (χ1) is 12.0. The molecule has 2 amide bonds. The predicted molar refractivity (Wildman–Crippen MR) is 87.6 cm³/mol. The summed E-state index contributed by atoms with van der Waals surface area (Å²) in [6, 6.07) is 6.37. The zero-order valence-corrected chi connectivity index (χ0v) is 13.9. The smallest absolute Gasteiger partial charge is 0.270 e. The lowest BCUT2D eigenvalue weighted by molar-refractivity contribution is -0.134. The fourth-order valence-electron chi connectivity index (χ4n) is 2.83. The maximum Gasteiger partial charge on any atom is 0.270 e. The van der Waals surface area contributed by atoms with Crippen LogP contribution < -0.4 is 5.32 Å². The first-order valence-corrected chi connectivity index (χ1v) is 8.13. The molecule has 3 heterocycles. The number of aryl methyl sites for hydroxylation is 1. The lowest BCUT2D eigenvalue weighted by Gasteiger charge is -2.36. The van der Waals surface area contributed by atoms with E-state index in [-0.39, 0.29) is 24.8 Å². The summed E-state index contributed by atoms with van der Waals surface area (Å²) in [5.74, 6) is 0.0360. The molecule has 2 aromatic rings. The summed E-state index contributed by atoms with van der Waals surface area (Å²) in [4.78, 5) is 30.0. The van der Waals surface area contributed by atoms with Gasteiger partial charge in [0.1, 0.15) is 11.5 Å². The van der Waals surface area contributed by atoms with Gasteiger partial charge < -0.3 is 19.8 Å². The Morgan fingerprint density at radius 3 is 2.92 bits per heavy atom. The van der Waals surface area contributed by atoms with E-state index in [0.717, 1.165) is 5.69 Å². The normalized spacial score (nSPS) is 20.3. The summed E-state index contributed by atoms with van der Waals surface area (Å²) < 4.78 is 5.05. The maximum absolute atomic E-state index is 12.3. The van der Waals surface area contributed by atoms with Crippen LogP contribution in [0.5, 0.6) is 0 Å². The van der Waals surface area contributed by atoms with Crippen molar-refractivity contribution in [1.82, 2.24) is 20.4 Å². The van der Waals surface area contributed by atoms with Gasteiger partial charge in [0.15, 0.2) is 0 Å². The number of hydrogen-bond donors (Lipinski definition) is 2. The number of amides is 2. The van der Waals surface area contributed by atoms with Crippen LogP contribution in [0.4, 0.5) is 0 Å². The Morgan fingerprint density at radius 2 is 2.28 bits per heavy atom. The van der Waals surface area contributed by atoms with Crippen molar-refractivity contribution >= 4 is 11.8 Å². The van der Waals surface area contributed by atoms with Gasteiger partial charge in [0.25, 0.3) is 5.91 Å². The third-order valence-electron chi connectivity index (χ3n) is 4.15. The van der Waals surface area contributed by atoms with Gasteiger partial charge in [0, 0.05) is 25.4 Å². The molecule has 0 bridgehead atoms. The quantitative estimate of drug-likeness (QED) is 0.826. The molecule has 0 radical (unpaired) electrons. The summed E-state index contributed by atoms with van der Waals surface area (Å²) in [7, 11) is 0. The Morgan fingerprint density at radius 1 is 1.44 bits per heavy atom. The SMILES string of the molecule is Cc1cc(CC(=O)N2CCC(NC(=O)c3ccccn3)C(O)C2)on1. The fraction of sp³-hybridized carbons (Fsp3) is 0.412. The number of piperidine rings is 1. The molecular formula is C17H20N4O4. The molecule has 2 N–H and O–H groups in total. The highest BCUT2D eigenvalue weighted by atomic mass is 16.5. The number of likely N-dealkylation sites (tertiary alicyclic amines) is 1.